The highest BCUT2D eigenvalue weighted by Gasteiger charge is 2.13. The molecular formula is C13H10Br2N2O2. The molecule has 3 N–H and O–H groups in total. The fourth-order valence-corrected chi connectivity index (χ4v) is 2.33. The third-order valence-corrected chi connectivity index (χ3v) is 3.57. The third kappa shape index (κ3) is 3.27. The lowest BCUT2D eigenvalue weighted by molar-refractivity contribution is 0.318. The van der Waals surface area contributed by atoms with E-state index in [0.29, 0.717) is 21.5 Å². The molecule has 0 aliphatic carbocycles. The Labute approximate surface area is 127 Å². The first kappa shape index (κ1) is 13.9. The molecule has 98 valence electrons. The number of rotatable bonds is 3. The fraction of sp³-hybridized carbons (Fsp3) is 0. The van der Waals surface area contributed by atoms with Crippen molar-refractivity contribution >= 4 is 37.7 Å². The van der Waals surface area contributed by atoms with Crippen molar-refractivity contribution < 1.29 is 9.94 Å². The minimum absolute atomic E-state index is 0.0143. The number of ether oxygens (including phenoxy) is 1. The summed E-state index contributed by atoms with van der Waals surface area (Å²) in [7, 11) is 0. The molecule has 19 heavy (non-hydrogen) atoms. The Balaban J connectivity index is 2.40. The van der Waals surface area contributed by atoms with E-state index in [1.54, 1.807) is 12.1 Å². The number of hydrogen-bond acceptors (Lipinski definition) is 3. The molecule has 4 nitrogen and oxygen atoms in total. The lowest BCUT2D eigenvalue weighted by Gasteiger charge is -2.11. The van der Waals surface area contributed by atoms with Gasteiger partial charge in [-0.2, -0.15) is 0 Å². The van der Waals surface area contributed by atoms with Crippen molar-refractivity contribution in [1.29, 1.82) is 0 Å². The third-order valence-electron chi connectivity index (χ3n) is 2.38. The molecular weight excluding hydrogens is 376 g/mol. The van der Waals surface area contributed by atoms with E-state index in [0.717, 1.165) is 4.47 Å². The highest BCUT2D eigenvalue weighted by atomic mass is 79.9. The van der Waals surface area contributed by atoms with Crippen LogP contribution in [0.25, 0.3) is 0 Å². The molecule has 0 fully saturated rings. The van der Waals surface area contributed by atoms with Gasteiger partial charge in [0.25, 0.3) is 0 Å². The normalized spacial score (nSPS) is 11.4. The van der Waals surface area contributed by atoms with Gasteiger partial charge in [0.05, 0.1) is 5.56 Å². The topological polar surface area (TPSA) is 67.8 Å². The molecule has 0 radical (unpaired) electrons. The fourth-order valence-electron chi connectivity index (χ4n) is 1.52. The predicted octanol–water partition coefficient (Wildman–Crippen LogP) is 4.10. The SMILES string of the molecule is N/C(=N/O)c1c(Br)cccc1Oc1ccc(Br)cc1. The first-order valence-corrected chi connectivity index (χ1v) is 6.90. The molecule has 2 aromatic carbocycles. The Hall–Kier alpha value is -1.53. The molecule has 0 heterocycles. The van der Waals surface area contributed by atoms with Gasteiger partial charge in [0.1, 0.15) is 11.5 Å². The lowest BCUT2D eigenvalue weighted by Crippen LogP contribution is -2.15. The summed E-state index contributed by atoms with van der Waals surface area (Å²) in [4.78, 5) is 0. The maximum Gasteiger partial charge on any atom is 0.175 e. The Kier molecular flexibility index (Phi) is 4.44. The van der Waals surface area contributed by atoms with Crippen LogP contribution < -0.4 is 10.5 Å². The number of halogens is 2. The average Bonchev–Trinajstić information content (AvgIpc) is 2.41. The van der Waals surface area contributed by atoms with Gasteiger partial charge in [0.2, 0.25) is 0 Å². The molecule has 0 unspecified atom stereocenters. The van der Waals surface area contributed by atoms with Crippen LogP contribution in [0.5, 0.6) is 11.5 Å². The molecule has 6 heteroatoms. The number of hydrogen-bond donors (Lipinski definition) is 2. The van der Waals surface area contributed by atoms with Gasteiger partial charge in [-0.3, -0.25) is 0 Å². The molecule has 0 aliphatic rings. The smallest absolute Gasteiger partial charge is 0.175 e. The van der Waals surface area contributed by atoms with Crippen molar-refractivity contribution in [3.8, 4) is 11.5 Å². The van der Waals surface area contributed by atoms with E-state index in [1.807, 2.05) is 30.3 Å². The van der Waals surface area contributed by atoms with Crippen molar-refractivity contribution in [2.24, 2.45) is 10.9 Å². The number of amidine groups is 1. The van der Waals surface area contributed by atoms with Gasteiger partial charge in [0.15, 0.2) is 5.84 Å². The number of benzene rings is 2. The molecule has 0 atom stereocenters. The second-order valence-corrected chi connectivity index (χ2v) is 5.42. The first-order chi connectivity index (χ1) is 9.11. The van der Waals surface area contributed by atoms with Crippen molar-refractivity contribution in [3.63, 3.8) is 0 Å². The Morgan fingerprint density at radius 1 is 1.11 bits per heavy atom. The van der Waals surface area contributed by atoms with Crippen molar-refractivity contribution in [2.45, 2.75) is 0 Å². The first-order valence-electron chi connectivity index (χ1n) is 5.31. The zero-order valence-corrected chi connectivity index (χ0v) is 12.8. The molecule has 0 aliphatic heterocycles. The van der Waals surface area contributed by atoms with Crippen LogP contribution >= 0.6 is 31.9 Å². The monoisotopic (exact) mass is 384 g/mol. The highest BCUT2D eigenvalue weighted by molar-refractivity contribution is 9.10. The molecule has 0 spiro atoms. The zero-order chi connectivity index (χ0) is 13.8. The summed E-state index contributed by atoms with van der Waals surface area (Å²) < 4.78 is 7.40. The van der Waals surface area contributed by atoms with Gasteiger partial charge in [-0.05, 0) is 52.3 Å². The number of nitrogens with two attached hydrogens (primary N) is 1. The second-order valence-electron chi connectivity index (χ2n) is 3.65. The van der Waals surface area contributed by atoms with Gasteiger partial charge in [-0.1, -0.05) is 27.2 Å². The van der Waals surface area contributed by atoms with Crippen molar-refractivity contribution in [3.05, 3.63) is 57.0 Å². The largest absolute Gasteiger partial charge is 0.457 e. The number of nitrogens with zero attached hydrogens (tertiary/aromatic N) is 1. The molecule has 0 saturated carbocycles. The van der Waals surface area contributed by atoms with Gasteiger partial charge >= 0.3 is 0 Å². The average molecular weight is 386 g/mol. The van der Waals surface area contributed by atoms with Crippen LogP contribution in [0.15, 0.2) is 56.6 Å². The van der Waals surface area contributed by atoms with Crippen LogP contribution in [-0.4, -0.2) is 11.0 Å². The van der Waals surface area contributed by atoms with E-state index < -0.39 is 0 Å². The minimum atomic E-state index is -0.0143. The van der Waals surface area contributed by atoms with E-state index in [1.165, 1.54) is 0 Å². The van der Waals surface area contributed by atoms with Gasteiger partial charge in [0, 0.05) is 8.95 Å². The predicted molar refractivity (Wildman–Crippen MR) is 80.9 cm³/mol. The molecule has 0 amide bonds. The summed E-state index contributed by atoms with van der Waals surface area (Å²) in [5.74, 6) is 1.15. The van der Waals surface area contributed by atoms with Gasteiger partial charge < -0.3 is 15.7 Å². The summed E-state index contributed by atoms with van der Waals surface area (Å²) in [6, 6.07) is 12.7. The number of oxime groups is 1. The summed E-state index contributed by atoms with van der Waals surface area (Å²) in [6.07, 6.45) is 0. The molecule has 0 bridgehead atoms. The molecule has 0 aromatic heterocycles. The Morgan fingerprint density at radius 2 is 1.79 bits per heavy atom. The van der Waals surface area contributed by atoms with E-state index in [9.17, 15) is 0 Å². The van der Waals surface area contributed by atoms with Crippen LogP contribution in [0.3, 0.4) is 0 Å². The maximum atomic E-state index is 8.82. The summed E-state index contributed by atoms with van der Waals surface area (Å²) >= 11 is 6.71. The second kappa shape index (κ2) is 6.08. The van der Waals surface area contributed by atoms with Crippen LogP contribution in [0, 0.1) is 0 Å². The quantitative estimate of drug-likeness (QED) is 0.361. The van der Waals surface area contributed by atoms with E-state index >= 15 is 0 Å². The van der Waals surface area contributed by atoms with Crippen LogP contribution in [0.2, 0.25) is 0 Å². The highest BCUT2D eigenvalue weighted by Crippen LogP contribution is 2.31. The Bertz CT molecular complexity index is 613. The van der Waals surface area contributed by atoms with Crippen molar-refractivity contribution in [2.75, 3.05) is 0 Å². The van der Waals surface area contributed by atoms with Crippen LogP contribution in [0.1, 0.15) is 5.56 Å². The summed E-state index contributed by atoms with van der Waals surface area (Å²) in [6.45, 7) is 0. The van der Waals surface area contributed by atoms with Crippen LogP contribution in [-0.2, 0) is 0 Å². The maximum absolute atomic E-state index is 8.82. The van der Waals surface area contributed by atoms with E-state index in [-0.39, 0.29) is 5.84 Å². The standard InChI is InChI=1S/C13H10Br2N2O2/c14-8-4-6-9(7-5-8)19-11-3-1-2-10(15)12(11)13(16)17-18/h1-7,18H,(H2,16,17). The Morgan fingerprint density at radius 3 is 2.42 bits per heavy atom. The van der Waals surface area contributed by atoms with Crippen molar-refractivity contribution in [1.82, 2.24) is 0 Å². The molecule has 2 aromatic rings. The zero-order valence-electron chi connectivity index (χ0n) is 9.68. The molecule has 0 saturated heterocycles. The summed E-state index contributed by atoms with van der Waals surface area (Å²) in [5.41, 5.74) is 6.16. The van der Waals surface area contributed by atoms with E-state index in [4.69, 9.17) is 15.7 Å². The van der Waals surface area contributed by atoms with Gasteiger partial charge in [-0.15, -0.1) is 0 Å². The lowest BCUT2D eigenvalue weighted by atomic mass is 10.2. The van der Waals surface area contributed by atoms with Gasteiger partial charge in [-0.25, -0.2) is 0 Å². The van der Waals surface area contributed by atoms with Crippen LogP contribution in [0.4, 0.5) is 0 Å². The molecule has 2 rings (SSSR count). The summed E-state index contributed by atoms with van der Waals surface area (Å²) in [5, 5.41) is 11.8. The minimum Gasteiger partial charge on any atom is -0.457 e. The van der Waals surface area contributed by atoms with E-state index in [2.05, 4.69) is 37.0 Å².